The summed E-state index contributed by atoms with van der Waals surface area (Å²) >= 11 is 5.80. The number of carbonyl (C=O) groups excluding carboxylic acids is 1. The number of benzene rings is 1. The maximum atomic E-state index is 11.2. The largest absolute Gasteiger partial charge is 0.506 e. The summed E-state index contributed by atoms with van der Waals surface area (Å²) < 4.78 is 0. The number of nitrogens with zero attached hydrogens (tertiary/aromatic N) is 1. The van der Waals surface area contributed by atoms with E-state index < -0.39 is 6.03 Å². The first kappa shape index (κ1) is 12.1. The van der Waals surface area contributed by atoms with Crippen molar-refractivity contribution in [3.05, 3.63) is 22.7 Å². The zero-order valence-corrected chi connectivity index (χ0v) is 9.25. The molecule has 0 saturated heterocycles. The van der Waals surface area contributed by atoms with Gasteiger partial charge in [0.1, 0.15) is 10.8 Å². The van der Waals surface area contributed by atoms with Crippen molar-refractivity contribution in [3.63, 3.8) is 0 Å². The normalized spacial score (nSPS) is 9.62. The van der Waals surface area contributed by atoms with Crippen LogP contribution in [0.3, 0.4) is 0 Å². The number of nitrogens with one attached hydrogen (secondary N) is 1. The number of aryl methyl sites for hydroxylation is 1. The molecule has 6 nitrogen and oxygen atoms in total. The fraction of sp³-hybridized carbons (Fsp3) is 0.111. The van der Waals surface area contributed by atoms with E-state index in [1.54, 1.807) is 13.0 Å². The van der Waals surface area contributed by atoms with Crippen molar-refractivity contribution in [2.75, 3.05) is 5.32 Å². The summed E-state index contributed by atoms with van der Waals surface area (Å²) in [5, 5.41) is 11.8. The van der Waals surface area contributed by atoms with Crippen molar-refractivity contribution < 1.29 is 9.90 Å². The third-order valence-corrected chi connectivity index (χ3v) is 2.18. The highest BCUT2D eigenvalue weighted by Gasteiger charge is 2.11. The van der Waals surface area contributed by atoms with Crippen LogP contribution in [0.15, 0.2) is 17.1 Å². The van der Waals surface area contributed by atoms with Crippen LogP contribution in [-0.4, -0.2) is 17.1 Å². The van der Waals surface area contributed by atoms with Crippen LogP contribution in [0.25, 0.3) is 0 Å². The molecule has 1 rings (SSSR count). The first-order valence-corrected chi connectivity index (χ1v) is 4.68. The third kappa shape index (κ3) is 2.77. The Morgan fingerprint density at radius 1 is 1.50 bits per heavy atom. The van der Waals surface area contributed by atoms with Gasteiger partial charge in [0, 0.05) is 0 Å². The Labute approximate surface area is 96.9 Å². The predicted octanol–water partition coefficient (Wildman–Crippen LogP) is 1.16. The van der Waals surface area contributed by atoms with E-state index in [1.807, 2.05) is 0 Å². The van der Waals surface area contributed by atoms with Crippen LogP contribution in [0.1, 0.15) is 5.56 Å². The monoisotopic (exact) mass is 242 g/mol. The van der Waals surface area contributed by atoms with Gasteiger partial charge in [-0.3, -0.25) is 0 Å². The number of nitrogens with two attached hydrogens (primary N) is 2. The van der Waals surface area contributed by atoms with Crippen LogP contribution in [0.2, 0.25) is 5.02 Å². The number of urea groups is 1. The number of carbonyl (C=O) groups is 1. The minimum atomic E-state index is -0.754. The number of anilines is 1. The van der Waals surface area contributed by atoms with Crippen LogP contribution in [-0.2, 0) is 0 Å². The second-order valence-corrected chi connectivity index (χ2v) is 3.44. The molecule has 86 valence electrons. The molecule has 0 bridgehead atoms. The lowest BCUT2D eigenvalue weighted by molar-refractivity contribution is 0.259. The van der Waals surface area contributed by atoms with Gasteiger partial charge in [0.05, 0.1) is 5.69 Å². The van der Waals surface area contributed by atoms with E-state index in [2.05, 4.69) is 10.3 Å². The van der Waals surface area contributed by atoms with Crippen molar-refractivity contribution in [3.8, 4) is 5.75 Å². The number of guanidine groups is 1. The number of aromatic hydroxyl groups is 1. The molecule has 0 spiro atoms. The lowest BCUT2D eigenvalue weighted by Gasteiger charge is -2.09. The minimum absolute atomic E-state index is 0.0409. The Bertz CT molecular complexity index is 455. The highest BCUT2D eigenvalue weighted by molar-refractivity contribution is 6.35. The molecule has 1 aromatic rings. The molecule has 6 N–H and O–H groups in total. The number of amides is 2. The van der Waals surface area contributed by atoms with Gasteiger partial charge < -0.3 is 21.9 Å². The molecule has 0 aliphatic rings. The average Bonchev–Trinajstić information content (AvgIpc) is 2.17. The summed E-state index contributed by atoms with van der Waals surface area (Å²) in [7, 11) is 0. The van der Waals surface area contributed by atoms with Crippen LogP contribution in [0.4, 0.5) is 10.5 Å². The Morgan fingerprint density at radius 3 is 2.69 bits per heavy atom. The van der Waals surface area contributed by atoms with E-state index in [0.29, 0.717) is 5.56 Å². The number of phenols is 1. The highest BCUT2D eigenvalue weighted by Crippen LogP contribution is 2.33. The molecule has 2 amide bonds. The van der Waals surface area contributed by atoms with Gasteiger partial charge in [0.2, 0.25) is 0 Å². The van der Waals surface area contributed by atoms with E-state index in [0.717, 1.165) is 0 Å². The zero-order chi connectivity index (χ0) is 12.3. The SMILES string of the molecule is Cc1ccc(O)c(Cl)c1NC(=O)N=C(N)N. The summed E-state index contributed by atoms with van der Waals surface area (Å²) in [6.07, 6.45) is 0. The summed E-state index contributed by atoms with van der Waals surface area (Å²) in [5.41, 5.74) is 11.0. The molecule has 0 fully saturated rings. The Kier molecular flexibility index (Phi) is 3.57. The Balaban J connectivity index is 3.02. The van der Waals surface area contributed by atoms with Crippen LogP contribution in [0.5, 0.6) is 5.75 Å². The number of rotatable bonds is 1. The van der Waals surface area contributed by atoms with Gasteiger partial charge in [-0.1, -0.05) is 17.7 Å². The standard InChI is InChI=1S/C9H11ClN4O2/c1-4-2-3-5(15)6(10)7(4)13-9(16)14-8(11)12/h2-3,15H,1H3,(H5,11,12,13,14,16). The fourth-order valence-corrected chi connectivity index (χ4v) is 1.33. The van der Waals surface area contributed by atoms with Crippen molar-refractivity contribution in [1.82, 2.24) is 0 Å². The lowest BCUT2D eigenvalue weighted by Crippen LogP contribution is -2.25. The number of hydrogen-bond acceptors (Lipinski definition) is 2. The third-order valence-electron chi connectivity index (χ3n) is 1.79. The van der Waals surface area contributed by atoms with Gasteiger partial charge in [0.25, 0.3) is 0 Å². The van der Waals surface area contributed by atoms with Gasteiger partial charge in [0.15, 0.2) is 5.96 Å². The molecule has 0 atom stereocenters. The van der Waals surface area contributed by atoms with E-state index in [-0.39, 0.29) is 22.4 Å². The molecular formula is C9H11ClN4O2. The molecule has 0 aliphatic carbocycles. The van der Waals surface area contributed by atoms with Gasteiger partial charge in [-0.2, -0.15) is 4.99 Å². The molecule has 16 heavy (non-hydrogen) atoms. The first-order valence-electron chi connectivity index (χ1n) is 4.30. The molecular weight excluding hydrogens is 232 g/mol. The Hall–Kier alpha value is -1.95. The van der Waals surface area contributed by atoms with E-state index >= 15 is 0 Å². The van der Waals surface area contributed by atoms with Crippen LogP contribution in [0, 0.1) is 6.92 Å². The van der Waals surface area contributed by atoms with Crippen LogP contribution < -0.4 is 16.8 Å². The number of hydrogen-bond donors (Lipinski definition) is 4. The van der Waals surface area contributed by atoms with Gasteiger partial charge in [-0.15, -0.1) is 0 Å². The maximum absolute atomic E-state index is 11.2. The summed E-state index contributed by atoms with van der Waals surface area (Å²) in [4.78, 5) is 14.5. The predicted molar refractivity (Wildman–Crippen MR) is 62.7 cm³/mol. The molecule has 0 heterocycles. The smallest absolute Gasteiger partial charge is 0.348 e. The number of aliphatic imine (C=N–C) groups is 1. The fourth-order valence-electron chi connectivity index (χ4n) is 1.07. The van der Waals surface area contributed by atoms with Crippen molar-refractivity contribution in [1.29, 1.82) is 0 Å². The highest BCUT2D eigenvalue weighted by atomic mass is 35.5. The van der Waals surface area contributed by atoms with Gasteiger partial charge in [-0.25, -0.2) is 4.79 Å². The number of phenolic OH excluding ortho intramolecular Hbond substituents is 1. The Morgan fingerprint density at radius 2 is 2.12 bits per heavy atom. The second kappa shape index (κ2) is 4.71. The van der Waals surface area contributed by atoms with Crippen molar-refractivity contribution in [2.45, 2.75) is 6.92 Å². The average molecular weight is 243 g/mol. The van der Waals surface area contributed by atoms with Crippen molar-refractivity contribution in [2.24, 2.45) is 16.5 Å². The second-order valence-electron chi connectivity index (χ2n) is 3.06. The quantitative estimate of drug-likeness (QED) is 0.437. The summed E-state index contributed by atoms with van der Waals surface area (Å²) in [6, 6.07) is 2.27. The molecule has 1 aromatic carbocycles. The summed E-state index contributed by atoms with van der Waals surface area (Å²) in [6.45, 7) is 1.72. The van der Waals surface area contributed by atoms with E-state index in [4.69, 9.17) is 23.1 Å². The molecule has 0 unspecified atom stereocenters. The molecule has 0 saturated carbocycles. The van der Waals surface area contributed by atoms with E-state index in [9.17, 15) is 9.90 Å². The molecule has 0 aromatic heterocycles. The molecule has 7 heteroatoms. The first-order chi connectivity index (χ1) is 7.41. The van der Waals surface area contributed by atoms with Crippen molar-refractivity contribution >= 4 is 29.3 Å². The molecule has 0 radical (unpaired) electrons. The minimum Gasteiger partial charge on any atom is -0.506 e. The van der Waals surface area contributed by atoms with Gasteiger partial charge >= 0.3 is 6.03 Å². The summed E-state index contributed by atoms with van der Waals surface area (Å²) in [5.74, 6) is -0.487. The molecule has 0 aliphatic heterocycles. The van der Waals surface area contributed by atoms with Gasteiger partial charge in [-0.05, 0) is 18.6 Å². The van der Waals surface area contributed by atoms with E-state index in [1.165, 1.54) is 6.07 Å². The van der Waals surface area contributed by atoms with Crippen LogP contribution >= 0.6 is 11.6 Å². The zero-order valence-electron chi connectivity index (χ0n) is 8.49. The lowest BCUT2D eigenvalue weighted by atomic mass is 10.2. The topological polar surface area (TPSA) is 114 Å². The number of halogens is 1. The maximum Gasteiger partial charge on any atom is 0.348 e.